The number of rotatable bonds is 4. The van der Waals surface area contributed by atoms with Crippen molar-refractivity contribution in [1.29, 1.82) is 0 Å². The average molecular weight is 251 g/mol. The fourth-order valence-electron chi connectivity index (χ4n) is 1.41. The van der Waals surface area contributed by atoms with Gasteiger partial charge in [0.25, 0.3) is 0 Å². The lowest BCUT2D eigenvalue weighted by atomic mass is 10.1. The Bertz CT molecular complexity index is 430. The molecule has 1 N–H and O–H groups in total. The van der Waals surface area contributed by atoms with E-state index in [1.165, 1.54) is 5.57 Å². The SMILES string of the molecule is CC(C)=CN/C=C(/c1cccc(Cl)c1)N(C)C. The first-order chi connectivity index (χ1) is 8.00. The molecule has 0 radical (unpaired) electrons. The highest BCUT2D eigenvalue weighted by molar-refractivity contribution is 6.30. The number of hydrogen-bond donors (Lipinski definition) is 1. The quantitative estimate of drug-likeness (QED) is 0.876. The van der Waals surface area contributed by atoms with Gasteiger partial charge < -0.3 is 10.2 Å². The molecule has 0 amide bonds. The predicted octanol–water partition coefficient (Wildman–Crippen LogP) is 3.71. The normalized spacial score (nSPS) is 11.0. The molecule has 0 aliphatic rings. The van der Waals surface area contributed by atoms with Gasteiger partial charge in [0.2, 0.25) is 0 Å². The first kappa shape index (κ1) is 13.7. The molecular formula is C14H19ClN2. The molecular weight excluding hydrogens is 232 g/mol. The van der Waals surface area contributed by atoms with Crippen LogP contribution < -0.4 is 5.32 Å². The summed E-state index contributed by atoms with van der Waals surface area (Å²) in [4.78, 5) is 2.05. The van der Waals surface area contributed by atoms with Crippen LogP contribution in [0, 0.1) is 0 Å². The fourth-order valence-corrected chi connectivity index (χ4v) is 1.60. The summed E-state index contributed by atoms with van der Waals surface area (Å²) in [6.07, 6.45) is 3.94. The van der Waals surface area contributed by atoms with Gasteiger partial charge in [-0.1, -0.05) is 29.3 Å². The highest BCUT2D eigenvalue weighted by atomic mass is 35.5. The van der Waals surface area contributed by atoms with Crippen molar-refractivity contribution in [2.24, 2.45) is 0 Å². The van der Waals surface area contributed by atoms with Crippen LogP contribution in [0.4, 0.5) is 0 Å². The zero-order valence-corrected chi connectivity index (χ0v) is 11.5. The Labute approximate surface area is 109 Å². The molecule has 17 heavy (non-hydrogen) atoms. The minimum absolute atomic E-state index is 0.748. The minimum atomic E-state index is 0.748. The molecule has 0 aromatic heterocycles. The smallest absolute Gasteiger partial charge is 0.0598 e. The van der Waals surface area contributed by atoms with Crippen LogP contribution in [-0.2, 0) is 0 Å². The highest BCUT2D eigenvalue weighted by Crippen LogP contribution is 2.19. The van der Waals surface area contributed by atoms with Crippen molar-refractivity contribution in [2.45, 2.75) is 13.8 Å². The van der Waals surface area contributed by atoms with Crippen LogP contribution in [0.3, 0.4) is 0 Å². The Morgan fingerprint density at radius 2 is 1.94 bits per heavy atom. The molecule has 0 aliphatic heterocycles. The summed E-state index contributed by atoms with van der Waals surface area (Å²) in [6, 6.07) is 7.83. The standard InChI is InChI=1S/C14H19ClN2/c1-11(2)9-16-10-14(17(3)4)12-6-5-7-13(15)8-12/h5-10,16H,1-4H3/b14-10-. The predicted molar refractivity (Wildman–Crippen MR) is 75.7 cm³/mol. The van der Waals surface area contributed by atoms with Crippen molar-refractivity contribution in [2.75, 3.05) is 14.1 Å². The van der Waals surface area contributed by atoms with Gasteiger partial charge in [-0.3, -0.25) is 0 Å². The van der Waals surface area contributed by atoms with E-state index in [2.05, 4.69) is 24.1 Å². The zero-order valence-electron chi connectivity index (χ0n) is 10.8. The maximum absolute atomic E-state index is 6.00. The Kier molecular flexibility index (Phi) is 5.11. The molecule has 1 rings (SSSR count). The summed E-state index contributed by atoms with van der Waals surface area (Å²) in [6.45, 7) is 4.10. The van der Waals surface area contributed by atoms with Crippen LogP contribution in [0.25, 0.3) is 5.70 Å². The second-order valence-electron chi connectivity index (χ2n) is 4.32. The molecule has 0 unspecified atom stereocenters. The van der Waals surface area contributed by atoms with Crippen molar-refractivity contribution in [3.8, 4) is 0 Å². The lowest BCUT2D eigenvalue weighted by Gasteiger charge is -2.17. The summed E-state index contributed by atoms with van der Waals surface area (Å²) in [5.41, 5.74) is 3.41. The molecule has 3 heteroatoms. The van der Waals surface area contributed by atoms with E-state index in [-0.39, 0.29) is 0 Å². The van der Waals surface area contributed by atoms with E-state index in [9.17, 15) is 0 Å². The minimum Gasteiger partial charge on any atom is -0.376 e. The molecule has 0 fully saturated rings. The number of allylic oxidation sites excluding steroid dienone is 1. The number of hydrogen-bond acceptors (Lipinski definition) is 2. The summed E-state index contributed by atoms with van der Waals surface area (Å²) < 4.78 is 0. The molecule has 0 saturated carbocycles. The van der Waals surface area contributed by atoms with Crippen LogP contribution in [0.2, 0.25) is 5.02 Å². The third-order valence-electron chi connectivity index (χ3n) is 2.19. The van der Waals surface area contributed by atoms with E-state index in [1.54, 1.807) is 0 Å². The molecule has 1 aromatic rings. The molecule has 0 atom stereocenters. The first-order valence-corrected chi connectivity index (χ1v) is 5.91. The van der Waals surface area contributed by atoms with Crippen molar-refractivity contribution in [3.63, 3.8) is 0 Å². The van der Waals surface area contributed by atoms with E-state index in [0.717, 1.165) is 16.3 Å². The Morgan fingerprint density at radius 3 is 2.47 bits per heavy atom. The Hall–Kier alpha value is -1.41. The average Bonchev–Trinajstić information content (AvgIpc) is 2.23. The van der Waals surface area contributed by atoms with Crippen molar-refractivity contribution in [1.82, 2.24) is 10.2 Å². The first-order valence-electron chi connectivity index (χ1n) is 5.53. The Balaban J connectivity index is 2.97. The number of nitrogens with one attached hydrogen (secondary N) is 1. The summed E-state index contributed by atoms with van der Waals surface area (Å²) in [5, 5.41) is 3.92. The van der Waals surface area contributed by atoms with E-state index in [1.807, 2.05) is 50.8 Å². The number of nitrogens with zero attached hydrogens (tertiary/aromatic N) is 1. The topological polar surface area (TPSA) is 15.3 Å². The molecule has 0 aliphatic carbocycles. The molecule has 0 saturated heterocycles. The van der Waals surface area contributed by atoms with Crippen molar-refractivity contribution < 1.29 is 0 Å². The van der Waals surface area contributed by atoms with Gasteiger partial charge in [-0.2, -0.15) is 0 Å². The largest absolute Gasteiger partial charge is 0.376 e. The summed E-state index contributed by atoms with van der Waals surface area (Å²) in [5.74, 6) is 0. The van der Waals surface area contributed by atoms with Crippen molar-refractivity contribution in [3.05, 3.63) is 52.8 Å². The second kappa shape index (κ2) is 6.36. The van der Waals surface area contributed by atoms with E-state index in [4.69, 9.17) is 11.6 Å². The molecule has 1 aromatic carbocycles. The molecule has 0 heterocycles. The van der Waals surface area contributed by atoms with Gasteiger partial charge in [-0.25, -0.2) is 0 Å². The van der Waals surface area contributed by atoms with E-state index in [0.29, 0.717) is 0 Å². The lowest BCUT2D eigenvalue weighted by molar-refractivity contribution is 0.589. The number of halogens is 1. The van der Waals surface area contributed by atoms with Gasteiger partial charge >= 0.3 is 0 Å². The van der Waals surface area contributed by atoms with Crippen LogP contribution >= 0.6 is 11.6 Å². The van der Waals surface area contributed by atoms with Crippen LogP contribution in [0.5, 0.6) is 0 Å². The van der Waals surface area contributed by atoms with Crippen LogP contribution in [0.15, 0.2) is 42.2 Å². The molecule has 92 valence electrons. The van der Waals surface area contributed by atoms with Crippen LogP contribution in [-0.4, -0.2) is 19.0 Å². The van der Waals surface area contributed by atoms with Gasteiger partial charge in [0.05, 0.1) is 5.70 Å². The monoisotopic (exact) mass is 250 g/mol. The third-order valence-corrected chi connectivity index (χ3v) is 2.43. The second-order valence-corrected chi connectivity index (χ2v) is 4.76. The fraction of sp³-hybridized carbons (Fsp3) is 0.286. The number of benzene rings is 1. The van der Waals surface area contributed by atoms with E-state index < -0.39 is 0 Å². The van der Waals surface area contributed by atoms with Gasteiger partial charge in [-0.15, -0.1) is 0 Å². The maximum Gasteiger partial charge on any atom is 0.0598 e. The molecule has 0 spiro atoms. The van der Waals surface area contributed by atoms with Crippen molar-refractivity contribution >= 4 is 17.3 Å². The van der Waals surface area contributed by atoms with Gasteiger partial charge in [0, 0.05) is 30.9 Å². The van der Waals surface area contributed by atoms with Crippen LogP contribution in [0.1, 0.15) is 19.4 Å². The Morgan fingerprint density at radius 1 is 1.24 bits per heavy atom. The maximum atomic E-state index is 6.00. The van der Waals surface area contributed by atoms with Gasteiger partial charge in [0.1, 0.15) is 0 Å². The third kappa shape index (κ3) is 4.53. The summed E-state index contributed by atoms with van der Waals surface area (Å²) >= 11 is 6.00. The summed E-state index contributed by atoms with van der Waals surface area (Å²) in [7, 11) is 4.02. The lowest BCUT2D eigenvalue weighted by Crippen LogP contribution is -2.12. The highest BCUT2D eigenvalue weighted by Gasteiger charge is 2.03. The van der Waals surface area contributed by atoms with E-state index >= 15 is 0 Å². The molecule has 0 bridgehead atoms. The molecule has 2 nitrogen and oxygen atoms in total. The van der Waals surface area contributed by atoms with Gasteiger partial charge in [0.15, 0.2) is 0 Å². The van der Waals surface area contributed by atoms with Gasteiger partial charge in [-0.05, 0) is 32.2 Å². The zero-order chi connectivity index (χ0) is 12.8.